The molecule has 0 heterocycles. The molecule has 0 saturated heterocycles. The van der Waals surface area contributed by atoms with Crippen LogP contribution < -0.4 is 14.2 Å². The Morgan fingerprint density at radius 3 is 2.37 bits per heavy atom. The third-order valence-corrected chi connectivity index (χ3v) is 6.41. The smallest absolute Gasteiger partial charge is 0.314 e. The fourth-order valence-electron chi connectivity index (χ4n) is 4.23. The molecule has 2 aromatic rings. The van der Waals surface area contributed by atoms with Crippen LogP contribution in [0.25, 0.3) is 0 Å². The quantitative estimate of drug-likeness (QED) is 0.120. The van der Waals surface area contributed by atoms with Crippen LogP contribution in [0.15, 0.2) is 72.9 Å². The Labute approximate surface area is 225 Å². The van der Waals surface area contributed by atoms with Crippen molar-refractivity contribution >= 4 is 5.69 Å². The molecule has 0 saturated carbocycles. The molecule has 0 spiro atoms. The Kier molecular flexibility index (Phi) is 12.6. The van der Waals surface area contributed by atoms with Gasteiger partial charge in [-0.25, -0.2) is 0 Å². The second kappa shape index (κ2) is 15.6. The van der Waals surface area contributed by atoms with Crippen LogP contribution in [0.1, 0.15) is 37.8 Å². The lowest BCUT2D eigenvalue weighted by atomic mass is 9.90. The van der Waals surface area contributed by atoms with E-state index in [0.29, 0.717) is 37.2 Å². The van der Waals surface area contributed by atoms with Crippen molar-refractivity contribution in [1.82, 2.24) is 0 Å². The van der Waals surface area contributed by atoms with Crippen molar-refractivity contribution in [2.75, 3.05) is 21.3 Å². The van der Waals surface area contributed by atoms with Crippen molar-refractivity contribution in [1.29, 1.82) is 0 Å². The number of allylic oxidation sites excluding steroid dienone is 3. The number of nitrogens with zero attached hydrogens (tertiary/aromatic N) is 1. The first-order chi connectivity index (χ1) is 18.2. The van der Waals surface area contributed by atoms with Gasteiger partial charge in [0.2, 0.25) is 0 Å². The Morgan fingerprint density at radius 2 is 1.79 bits per heavy atom. The molecule has 0 aliphatic rings. The van der Waals surface area contributed by atoms with E-state index in [9.17, 15) is 15.2 Å². The van der Waals surface area contributed by atoms with E-state index in [2.05, 4.69) is 6.58 Å². The summed E-state index contributed by atoms with van der Waals surface area (Å²) in [6.07, 6.45) is 8.04. The monoisotopic (exact) mass is 525 g/mol. The van der Waals surface area contributed by atoms with Crippen molar-refractivity contribution in [2.45, 2.75) is 51.9 Å². The van der Waals surface area contributed by atoms with E-state index in [-0.39, 0.29) is 23.5 Å². The average Bonchev–Trinajstić information content (AvgIpc) is 2.92. The normalized spacial score (nSPS) is 14.1. The number of hydrogen-bond acceptors (Lipinski definition) is 7. The van der Waals surface area contributed by atoms with Crippen molar-refractivity contribution in [2.24, 2.45) is 5.92 Å². The number of ether oxygens (including phenoxy) is 4. The van der Waals surface area contributed by atoms with E-state index < -0.39 is 11.0 Å². The summed E-state index contributed by atoms with van der Waals surface area (Å²) >= 11 is 0. The van der Waals surface area contributed by atoms with Crippen LogP contribution in [0.3, 0.4) is 0 Å². The average molecular weight is 526 g/mol. The van der Waals surface area contributed by atoms with E-state index in [1.807, 2.05) is 56.3 Å². The molecule has 0 aliphatic carbocycles. The predicted molar refractivity (Wildman–Crippen MR) is 149 cm³/mol. The van der Waals surface area contributed by atoms with Crippen LogP contribution in [0.2, 0.25) is 0 Å². The number of nitro groups is 1. The molecular weight excluding hydrogens is 486 g/mol. The maximum atomic E-state index is 11.5. The topological polar surface area (TPSA) is 100 Å². The Morgan fingerprint density at radius 1 is 1.11 bits per heavy atom. The zero-order valence-electron chi connectivity index (χ0n) is 22.9. The molecule has 3 atom stereocenters. The van der Waals surface area contributed by atoms with Crippen LogP contribution >= 0.6 is 0 Å². The Bertz CT molecular complexity index is 1110. The van der Waals surface area contributed by atoms with E-state index >= 15 is 0 Å². The number of methoxy groups -OCH3 is 3. The predicted octanol–water partition coefficient (Wildman–Crippen LogP) is 6.21. The highest BCUT2D eigenvalue weighted by atomic mass is 16.6. The molecule has 0 aromatic heterocycles. The molecule has 0 unspecified atom stereocenters. The molecule has 0 amide bonds. The first-order valence-corrected chi connectivity index (χ1v) is 12.5. The molecule has 2 aromatic carbocycles. The molecule has 0 fully saturated rings. The van der Waals surface area contributed by atoms with E-state index in [1.54, 1.807) is 19.3 Å². The lowest BCUT2D eigenvalue weighted by Gasteiger charge is -2.29. The summed E-state index contributed by atoms with van der Waals surface area (Å²) in [6.45, 7) is 7.99. The highest BCUT2D eigenvalue weighted by Gasteiger charge is 2.26. The molecule has 0 radical (unpaired) electrons. The van der Waals surface area contributed by atoms with Crippen LogP contribution in [0, 0.1) is 16.0 Å². The Hall–Kier alpha value is -3.62. The van der Waals surface area contributed by atoms with Gasteiger partial charge in [0.25, 0.3) is 0 Å². The second-order valence-corrected chi connectivity index (χ2v) is 8.99. The molecule has 206 valence electrons. The minimum Gasteiger partial charge on any atom is -0.497 e. The minimum atomic E-state index is -0.614. The van der Waals surface area contributed by atoms with E-state index in [0.717, 1.165) is 16.9 Å². The first kappa shape index (κ1) is 30.6. The van der Waals surface area contributed by atoms with Crippen molar-refractivity contribution in [3.63, 3.8) is 0 Å². The Balaban J connectivity index is 2.24. The van der Waals surface area contributed by atoms with E-state index in [1.165, 1.54) is 20.3 Å². The third-order valence-electron chi connectivity index (χ3n) is 6.41. The summed E-state index contributed by atoms with van der Waals surface area (Å²) in [5, 5.41) is 22.4. The van der Waals surface area contributed by atoms with Crippen molar-refractivity contribution in [3.05, 3.63) is 94.1 Å². The number of nitro benzene ring substituents is 1. The van der Waals surface area contributed by atoms with Gasteiger partial charge in [-0.1, -0.05) is 49.9 Å². The summed E-state index contributed by atoms with van der Waals surface area (Å²) in [5.41, 5.74) is 2.51. The summed E-state index contributed by atoms with van der Waals surface area (Å²) in [4.78, 5) is 11.1. The minimum absolute atomic E-state index is 0.132. The van der Waals surface area contributed by atoms with Crippen LogP contribution in [0.4, 0.5) is 5.69 Å². The maximum Gasteiger partial charge on any atom is 0.314 e. The second-order valence-electron chi connectivity index (χ2n) is 8.99. The summed E-state index contributed by atoms with van der Waals surface area (Å²) < 4.78 is 22.2. The number of aliphatic hydroxyl groups is 1. The number of rotatable bonds is 16. The number of aryl methyl sites for hydroxylation is 1. The summed E-state index contributed by atoms with van der Waals surface area (Å²) in [7, 11) is 4.52. The van der Waals surface area contributed by atoms with Gasteiger partial charge in [-0.2, -0.15) is 0 Å². The zero-order valence-corrected chi connectivity index (χ0v) is 22.9. The van der Waals surface area contributed by atoms with Gasteiger partial charge in [0.1, 0.15) is 11.5 Å². The molecule has 0 aliphatic heterocycles. The SMILES string of the molecule is C=C/C=C/C[C@H](O)[C@H](C)[C@@H](OCc1ccc(OC)cc1)/C(C)=C\CCc1cc(OC)cc([N+](=O)[O-])c1OC. The number of aliphatic hydroxyl groups excluding tert-OH is 1. The maximum absolute atomic E-state index is 11.5. The van der Waals surface area contributed by atoms with Crippen LogP contribution in [-0.2, 0) is 17.8 Å². The van der Waals surface area contributed by atoms with Crippen molar-refractivity contribution in [3.8, 4) is 17.2 Å². The van der Waals surface area contributed by atoms with Gasteiger partial charge in [-0.15, -0.1) is 0 Å². The van der Waals surface area contributed by atoms with Gasteiger partial charge >= 0.3 is 5.69 Å². The molecule has 0 bridgehead atoms. The molecule has 1 N–H and O–H groups in total. The fraction of sp³-hybridized carbons (Fsp3) is 0.400. The third kappa shape index (κ3) is 8.75. The largest absolute Gasteiger partial charge is 0.497 e. The van der Waals surface area contributed by atoms with Gasteiger partial charge in [0.05, 0.1) is 51.1 Å². The first-order valence-electron chi connectivity index (χ1n) is 12.5. The molecular formula is C30H39NO7. The van der Waals surface area contributed by atoms with E-state index in [4.69, 9.17) is 18.9 Å². The van der Waals surface area contributed by atoms with Crippen LogP contribution in [0.5, 0.6) is 17.2 Å². The summed E-state index contributed by atoms with van der Waals surface area (Å²) in [5.74, 6) is 1.21. The van der Waals surface area contributed by atoms with Gasteiger partial charge in [0.15, 0.2) is 5.75 Å². The highest BCUT2D eigenvalue weighted by molar-refractivity contribution is 5.56. The number of hydrogen-bond donors (Lipinski definition) is 1. The lowest BCUT2D eigenvalue weighted by molar-refractivity contribution is -0.385. The van der Waals surface area contributed by atoms with Gasteiger partial charge in [-0.3, -0.25) is 10.1 Å². The molecule has 38 heavy (non-hydrogen) atoms. The van der Waals surface area contributed by atoms with Gasteiger partial charge in [-0.05, 0) is 55.5 Å². The molecule has 8 heteroatoms. The zero-order chi connectivity index (χ0) is 28.1. The summed E-state index contributed by atoms with van der Waals surface area (Å²) in [6, 6.07) is 10.8. The lowest BCUT2D eigenvalue weighted by Crippen LogP contribution is -2.32. The van der Waals surface area contributed by atoms with Gasteiger partial charge in [0, 0.05) is 11.5 Å². The molecule has 2 rings (SSSR count). The standard InChI is InChI=1S/C30H39NO7/c1-7-8-9-13-28(32)22(3)29(38-20-23-14-16-25(35-4)17-15-23)21(2)11-10-12-24-18-26(36-5)19-27(31(33)34)30(24)37-6/h7-9,11,14-19,22,28-29,32H,1,10,12-13,20H2,2-6H3/b9-8+,21-11-/t22-,28-,29-/m0/s1. The number of benzene rings is 2. The van der Waals surface area contributed by atoms with Crippen molar-refractivity contribution < 1.29 is 29.0 Å². The van der Waals surface area contributed by atoms with Gasteiger partial charge < -0.3 is 24.1 Å². The van der Waals surface area contributed by atoms with Crippen LogP contribution in [-0.4, -0.2) is 43.6 Å². The highest BCUT2D eigenvalue weighted by Crippen LogP contribution is 2.36. The molecule has 8 nitrogen and oxygen atoms in total. The fourth-order valence-corrected chi connectivity index (χ4v) is 4.23.